The van der Waals surface area contributed by atoms with E-state index < -0.39 is 0 Å². The number of methoxy groups -OCH3 is 1. The number of benzene rings is 2. The first kappa shape index (κ1) is 19.6. The highest BCUT2D eigenvalue weighted by atomic mass is 32.1. The van der Waals surface area contributed by atoms with Crippen molar-refractivity contribution in [2.24, 2.45) is 0 Å². The Kier molecular flexibility index (Phi) is 7.05. The molecule has 3 aromatic rings. The van der Waals surface area contributed by atoms with Crippen LogP contribution in [0.25, 0.3) is 21.0 Å². The molecule has 0 amide bonds. The summed E-state index contributed by atoms with van der Waals surface area (Å²) in [5.74, 6) is 0.881. The van der Waals surface area contributed by atoms with E-state index in [4.69, 9.17) is 9.72 Å². The lowest BCUT2D eigenvalue weighted by Crippen LogP contribution is -1.96. The molecule has 0 unspecified atom stereocenters. The van der Waals surface area contributed by atoms with Crippen LogP contribution in [0.15, 0.2) is 48.7 Å². The minimum absolute atomic E-state index is 0.881. The monoisotopic (exact) mass is 379 g/mol. The van der Waals surface area contributed by atoms with Crippen LogP contribution in [0, 0.1) is 0 Å². The van der Waals surface area contributed by atoms with E-state index in [0.717, 1.165) is 10.8 Å². The quantitative estimate of drug-likeness (QED) is 0.393. The summed E-state index contributed by atoms with van der Waals surface area (Å²) >= 11 is 1.76. The van der Waals surface area contributed by atoms with E-state index in [1.54, 1.807) is 18.4 Å². The number of nitrogens with zero attached hydrogens (tertiary/aromatic N) is 1. The second kappa shape index (κ2) is 9.70. The van der Waals surface area contributed by atoms with E-state index in [2.05, 4.69) is 44.2 Å². The summed E-state index contributed by atoms with van der Waals surface area (Å²) in [5, 5.41) is 1.10. The van der Waals surface area contributed by atoms with Gasteiger partial charge in [-0.1, -0.05) is 38.8 Å². The molecule has 2 aromatic carbocycles. The molecule has 1 aromatic heterocycles. The molecule has 0 aliphatic carbocycles. The van der Waals surface area contributed by atoms with E-state index in [1.165, 1.54) is 65.7 Å². The van der Waals surface area contributed by atoms with Crippen molar-refractivity contribution in [3.63, 3.8) is 0 Å². The third-order valence-electron chi connectivity index (χ3n) is 4.93. The summed E-state index contributed by atoms with van der Waals surface area (Å²) in [4.78, 5) is 5.90. The summed E-state index contributed by atoms with van der Waals surface area (Å²) in [6, 6.07) is 15.1. The first-order valence-electron chi connectivity index (χ1n) is 9.97. The molecule has 0 aliphatic heterocycles. The van der Waals surface area contributed by atoms with Crippen LogP contribution in [0.5, 0.6) is 5.75 Å². The Morgan fingerprint density at radius 1 is 0.852 bits per heavy atom. The van der Waals surface area contributed by atoms with Crippen molar-refractivity contribution >= 4 is 11.3 Å². The Morgan fingerprint density at radius 3 is 2.19 bits per heavy atom. The largest absolute Gasteiger partial charge is 0.497 e. The van der Waals surface area contributed by atoms with Crippen molar-refractivity contribution in [1.82, 2.24) is 4.98 Å². The summed E-state index contributed by atoms with van der Waals surface area (Å²) < 4.78 is 5.25. The van der Waals surface area contributed by atoms with Crippen molar-refractivity contribution in [1.29, 1.82) is 0 Å². The molecule has 1 heterocycles. The third-order valence-corrected chi connectivity index (χ3v) is 6.03. The molecule has 27 heavy (non-hydrogen) atoms. The van der Waals surface area contributed by atoms with Gasteiger partial charge >= 0.3 is 0 Å². The Hall–Kier alpha value is -2.13. The van der Waals surface area contributed by atoms with Crippen LogP contribution in [-0.2, 0) is 12.8 Å². The summed E-state index contributed by atoms with van der Waals surface area (Å²) in [5.41, 5.74) is 5.45. The standard InChI is InChI=1S/C24H29NOS/c1-4-6-8-18-10-11-21(16-20(18)9-7-5-2)24-25-17-23(27-24)19-12-14-22(26-3)15-13-19/h10-17H,4-9H2,1-3H3. The van der Waals surface area contributed by atoms with E-state index in [9.17, 15) is 0 Å². The molecule has 0 spiro atoms. The first-order valence-corrected chi connectivity index (χ1v) is 10.8. The van der Waals surface area contributed by atoms with Crippen LogP contribution in [0.1, 0.15) is 50.7 Å². The number of aryl methyl sites for hydroxylation is 2. The minimum Gasteiger partial charge on any atom is -0.497 e. The second-order valence-corrected chi connectivity index (χ2v) is 7.98. The fourth-order valence-corrected chi connectivity index (χ4v) is 4.18. The van der Waals surface area contributed by atoms with Gasteiger partial charge in [0.05, 0.1) is 12.0 Å². The lowest BCUT2D eigenvalue weighted by atomic mass is 9.96. The van der Waals surface area contributed by atoms with E-state index >= 15 is 0 Å². The number of hydrogen-bond acceptors (Lipinski definition) is 3. The summed E-state index contributed by atoms with van der Waals surface area (Å²) in [6.45, 7) is 4.52. The molecule has 3 heteroatoms. The van der Waals surface area contributed by atoms with Gasteiger partial charge in [-0.15, -0.1) is 11.3 Å². The van der Waals surface area contributed by atoms with Crippen LogP contribution in [0.4, 0.5) is 0 Å². The molecule has 0 radical (unpaired) electrons. The van der Waals surface area contributed by atoms with Gasteiger partial charge in [0.1, 0.15) is 10.8 Å². The maximum Gasteiger partial charge on any atom is 0.123 e. The van der Waals surface area contributed by atoms with Crippen molar-refractivity contribution in [3.8, 4) is 26.8 Å². The average Bonchev–Trinajstić information content (AvgIpc) is 3.21. The molecular weight excluding hydrogens is 350 g/mol. The van der Waals surface area contributed by atoms with Gasteiger partial charge in [-0.2, -0.15) is 0 Å². The zero-order valence-corrected chi connectivity index (χ0v) is 17.4. The van der Waals surface area contributed by atoms with Crippen LogP contribution in [0.3, 0.4) is 0 Å². The maximum absolute atomic E-state index is 5.25. The molecule has 3 rings (SSSR count). The number of thiazole rings is 1. The predicted molar refractivity (Wildman–Crippen MR) is 117 cm³/mol. The number of ether oxygens (including phenoxy) is 1. The molecule has 0 aliphatic rings. The van der Waals surface area contributed by atoms with Gasteiger partial charge in [0.15, 0.2) is 0 Å². The number of hydrogen-bond donors (Lipinski definition) is 0. The smallest absolute Gasteiger partial charge is 0.123 e. The van der Waals surface area contributed by atoms with E-state index in [1.807, 2.05) is 18.3 Å². The summed E-state index contributed by atoms with van der Waals surface area (Å²) in [7, 11) is 1.69. The van der Waals surface area contributed by atoms with Crippen molar-refractivity contribution < 1.29 is 4.74 Å². The highest BCUT2D eigenvalue weighted by Crippen LogP contribution is 2.34. The molecule has 142 valence electrons. The Bertz CT molecular complexity index is 851. The third kappa shape index (κ3) is 4.98. The van der Waals surface area contributed by atoms with Gasteiger partial charge in [-0.25, -0.2) is 4.98 Å². The SMILES string of the molecule is CCCCc1ccc(-c2ncc(-c3ccc(OC)cc3)s2)cc1CCCC. The van der Waals surface area contributed by atoms with Gasteiger partial charge in [0, 0.05) is 11.8 Å². The Labute approximate surface area is 167 Å². The van der Waals surface area contributed by atoms with Gasteiger partial charge in [-0.3, -0.25) is 0 Å². The fourth-order valence-electron chi connectivity index (χ4n) is 3.27. The van der Waals surface area contributed by atoms with Gasteiger partial charge in [-0.05, 0) is 72.7 Å². The molecule has 0 saturated carbocycles. The van der Waals surface area contributed by atoms with Gasteiger partial charge in [0.2, 0.25) is 0 Å². The predicted octanol–water partition coefficient (Wildman–Crippen LogP) is 7.17. The maximum atomic E-state index is 5.25. The topological polar surface area (TPSA) is 22.1 Å². The zero-order valence-electron chi connectivity index (χ0n) is 16.6. The first-order chi connectivity index (χ1) is 13.2. The van der Waals surface area contributed by atoms with Crippen molar-refractivity contribution in [2.75, 3.05) is 7.11 Å². The molecule has 0 N–H and O–H groups in total. The Balaban J connectivity index is 1.85. The molecule has 0 saturated heterocycles. The van der Waals surface area contributed by atoms with Crippen molar-refractivity contribution in [2.45, 2.75) is 52.4 Å². The van der Waals surface area contributed by atoms with Crippen molar-refractivity contribution in [3.05, 3.63) is 59.8 Å². The normalized spacial score (nSPS) is 10.9. The van der Waals surface area contributed by atoms with Gasteiger partial charge < -0.3 is 4.74 Å². The number of aromatic nitrogens is 1. The lowest BCUT2D eigenvalue weighted by Gasteiger charge is -2.11. The zero-order chi connectivity index (χ0) is 19.1. The van der Waals surface area contributed by atoms with Gasteiger partial charge in [0.25, 0.3) is 0 Å². The number of unbranched alkanes of at least 4 members (excludes halogenated alkanes) is 2. The molecule has 0 fully saturated rings. The highest BCUT2D eigenvalue weighted by molar-refractivity contribution is 7.18. The highest BCUT2D eigenvalue weighted by Gasteiger charge is 2.10. The Morgan fingerprint density at radius 2 is 1.52 bits per heavy atom. The van der Waals surface area contributed by atoms with Crippen LogP contribution in [0.2, 0.25) is 0 Å². The average molecular weight is 380 g/mol. The fraction of sp³-hybridized carbons (Fsp3) is 0.375. The van der Waals surface area contributed by atoms with Crippen LogP contribution >= 0.6 is 11.3 Å². The summed E-state index contributed by atoms with van der Waals surface area (Å²) in [6.07, 6.45) is 9.32. The minimum atomic E-state index is 0.881. The molecular formula is C24H29NOS. The second-order valence-electron chi connectivity index (χ2n) is 6.95. The lowest BCUT2D eigenvalue weighted by molar-refractivity contribution is 0.415. The van der Waals surface area contributed by atoms with E-state index in [0.29, 0.717) is 0 Å². The molecule has 0 atom stereocenters. The van der Waals surface area contributed by atoms with Crippen LogP contribution < -0.4 is 4.74 Å². The number of rotatable bonds is 9. The molecule has 2 nitrogen and oxygen atoms in total. The van der Waals surface area contributed by atoms with Crippen LogP contribution in [-0.4, -0.2) is 12.1 Å². The van der Waals surface area contributed by atoms with E-state index in [-0.39, 0.29) is 0 Å². The molecule has 0 bridgehead atoms.